The van der Waals surface area contributed by atoms with E-state index in [2.05, 4.69) is 15.6 Å². The molecule has 162 valence electrons. The van der Waals surface area contributed by atoms with E-state index in [1.54, 1.807) is 0 Å². The highest BCUT2D eigenvalue weighted by Crippen LogP contribution is 2.28. The lowest BCUT2D eigenvalue weighted by Crippen LogP contribution is -2.23. The number of hydrogen-bond acceptors (Lipinski definition) is 6. The van der Waals surface area contributed by atoms with E-state index >= 15 is 0 Å². The first kappa shape index (κ1) is 21.4. The summed E-state index contributed by atoms with van der Waals surface area (Å²) in [4.78, 5) is 21.8. The van der Waals surface area contributed by atoms with Crippen LogP contribution in [0.4, 0.5) is 11.5 Å². The van der Waals surface area contributed by atoms with Crippen molar-refractivity contribution in [2.75, 3.05) is 23.0 Å². The SMILES string of the molecule is CCOc1ccc(NC(=O)CSc2nc(NC3CCCCC3)c3ccccc3n2)cc1. The van der Waals surface area contributed by atoms with Gasteiger partial charge in [-0.05, 0) is 56.2 Å². The maximum absolute atomic E-state index is 12.4. The van der Waals surface area contributed by atoms with Crippen LogP contribution in [0.15, 0.2) is 53.7 Å². The third kappa shape index (κ3) is 5.88. The Balaban J connectivity index is 1.42. The Morgan fingerprint density at radius 1 is 1.06 bits per heavy atom. The van der Waals surface area contributed by atoms with Crippen LogP contribution in [0.25, 0.3) is 10.9 Å². The van der Waals surface area contributed by atoms with Crippen molar-refractivity contribution in [1.29, 1.82) is 0 Å². The van der Waals surface area contributed by atoms with E-state index < -0.39 is 0 Å². The van der Waals surface area contributed by atoms with Crippen LogP contribution in [-0.4, -0.2) is 34.3 Å². The third-order valence-corrected chi connectivity index (χ3v) is 6.16. The Morgan fingerprint density at radius 2 is 1.84 bits per heavy atom. The highest BCUT2D eigenvalue weighted by atomic mass is 32.2. The molecule has 0 saturated heterocycles. The Labute approximate surface area is 187 Å². The summed E-state index contributed by atoms with van der Waals surface area (Å²) in [6, 6.07) is 15.9. The molecule has 1 fully saturated rings. The van der Waals surface area contributed by atoms with Gasteiger partial charge in [0, 0.05) is 17.1 Å². The fraction of sp³-hybridized carbons (Fsp3) is 0.375. The molecule has 1 amide bonds. The minimum Gasteiger partial charge on any atom is -0.494 e. The lowest BCUT2D eigenvalue weighted by Gasteiger charge is -2.24. The molecule has 2 N–H and O–H groups in total. The van der Waals surface area contributed by atoms with Crippen molar-refractivity contribution in [3.05, 3.63) is 48.5 Å². The molecule has 31 heavy (non-hydrogen) atoms. The van der Waals surface area contributed by atoms with Crippen LogP contribution in [0.3, 0.4) is 0 Å². The van der Waals surface area contributed by atoms with Crippen LogP contribution in [-0.2, 0) is 4.79 Å². The summed E-state index contributed by atoms with van der Waals surface area (Å²) >= 11 is 1.35. The highest BCUT2D eigenvalue weighted by Gasteiger charge is 2.16. The molecule has 0 radical (unpaired) electrons. The number of anilines is 2. The molecule has 4 rings (SSSR count). The number of rotatable bonds is 8. The molecule has 2 aromatic carbocycles. The molecular weight excluding hydrogens is 408 g/mol. The molecule has 1 heterocycles. The van der Waals surface area contributed by atoms with Crippen LogP contribution < -0.4 is 15.4 Å². The molecule has 0 unspecified atom stereocenters. The Hall–Kier alpha value is -2.80. The monoisotopic (exact) mass is 436 g/mol. The van der Waals surface area contributed by atoms with Crippen LogP contribution in [0, 0.1) is 0 Å². The van der Waals surface area contributed by atoms with Gasteiger partial charge >= 0.3 is 0 Å². The van der Waals surface area contributed by atoms with Crippen molar-refractivity contribution < 1.29 is 9.53 Å². The largest absolute Gasteiger partial charge is 0.494 e. The van der Waals surface area contributed by atoms with Crippen LogP contribution in [0.2, 0.25) is 0 Å². The number of aromatic nitrogens is 2. The summed E-state index contributed by atoms with van der Waals surface area (Å²) in [6.07, 6.45) is 6.17. The summed E-state index contributed by atoms with van der Waals surface area (Å²) in [6.45, 7) is 2.56. The first-order valence-electron chi connectivity index (χ1n) is 10.9. The number of amides is 1. The Morgan fingerprint density at radius 3 is 2.61 bits per heavy atom. The Kier molecular flexibility index (Phi) is 7.25. The summed E-state index contributed by atoms with van der Waals surface area (Å²) in [7, 11) is 0. The van der Waals surface area contributed by atoms with E-state index in [-0.39, 0.29) is 11.7 Å². The van der Waals surface area contributed by atoms with Gasteiger partial charge in [0.05, 0.1) is 17.9 Å². The average molecular weight is 437 g/mol. The van der Waals surface area contributed by atoms with Crippen LogP contribution in [0.5, 0.6) is 5.75 Å². The predicted octanol–water partition coefficient (Wildman–Crippen LogP) is 5.50. The van der Waals surface area contributed by atoms with Gasteiger partial charge in [-0.1, -0.05) is 43.2 Å². The van der Waals surface area contributed by atoms with Gasteiger partial charge in [-0.15, -0.1) is 0 Å². The minimum atomic E-state index is -0.0901. The number of carbonyl (C=O) groups is 1. The molecule has 1 aromatic heterocycles. The molecule has 0 bridgehead atoms. The molecule has 0 spiro atoms. The molecule has 1 aliphatic rings. The lowest BCUT2D eigenvalue weighted by atomic mass is 9.95. The van der Waals surface area contributed by atoms with E-state index in [1.165, 1.54) is 43.9 Å². The highest BCUT2D eigenvalue weighted by molar-refractivity contribution is 7.99. The zero-order valence-electron chi connectivity index (χ0n) is 17.8. The second-order valence-corrected chi connectivity index (χ2v) is 8.59. The number of benzene rings is 2. The summed E-state index contributed by atoms with van der Waals surface area (Å²) in [5.41, 5.74) is 1.64. The number of ether oxygens (including phenoxy) is 1. The molecule has 6 nitrogen and oxygen atoms in total. The zero-order valence-corrected chi connectivity index (χ0v) is 18.6. The van der Waals surface area contributed by atoms with Crippen molar-refractivity contribution in [1.82, 2.24) is 9.97 Å². The van der Waals surface area contributed by atoms with Gasteiger partial charge in [0.2, 0.25) is 5.91 Å². The molecule has 0 aliphatic heterocycles. The van der Waals surface area contributed by atoms with Gasteiger partial charge in [0.15, 0.2) is 5.16 Å². The van der Waals surface area contributed by atoms with Crippen LogP contribution in [0.1, 0.15) is 39.0 Å². The van der Waals surface area contributed by atoms with Crippen molar-refractivity contribution >= 4 is 40.1 Å². The quantitative estimate of drug-likeness (QED) is 0.358. The van der Waals surface area contributed by atoms with E-state index in [0.29, 0.717) is 17.8 Å². The van der Waals surface area contributed by atoms with Gasteiger partial charge in [0.1, 0.15) is 11.6 Å². The maximum Gasteiger partial charge on any atom is 0.234 e. The first-order valence-corrected chi connectivity index (χ1v) is 11.9. The van der Waals surface area contributed by atoms with E-state index in [4.69, 9.17) is 9.72 Å². The number of thioether (sulfide) groups is 1. The van der Waals surface area contributed by atoms with Crippen molar-refractivity contribution in [3.8, 4) is 5.75 Å². The molecule has 3 aromatic rings. The van der Waals surface area contributed by atoms with Crippen molar-refractivity contribution in [2.24, 2.45) is 0 Å². The smallest absolute Gasteiger partial charge is 0.234 e. The average Bonchev–Trinajstić information content (AvgIpc) is 2.80. The van der Waals surface area contributed by atoms with Crippen molar-refractivity contribution in [2.45, 2.75) is 50.2 Å². The van der Waals surface area contributed by atoms with Gasteiger partial charge in [0.25, 0.3) is 0 Å². The molecule has 1 aliphatic carbocycles. The van der Waals surface area contributed by atoms with Crippen molar-refractivity contribution in [3.63, 3.8) is 0 Å². The second-order valence-electron chi connectivity index (χ2n) is 7.65. The van der Waals surface area contributed by atoms with Crippen LogP contribution >= 0.6 is 11.8 Å². The van der Waals surface area contributed by atoms with Gasteiger partial charge < -0.3 is 15.4 Å². The number of nitrogens with one attached hydrogen (secondary N) is 2. The summed E-state index contributed by atoms with van der Waals surface area (Å²) in [5.74, 6) is 1.81. The van der Waals surface area contributed by atoms with Gasteiger partial charge in [-0.25, -0.2) is 9.97 Å². The molecule has 1 saturated carbocycles. The lowest BCUT2D eigenvalue weighted by molar-refractivity contribution is -0.113. The van der Waals surface area contributed by atoms with E-state index in [1.807, 2.05) is 55.5 Å². The normalized spacial score (nSPS) is 14.4. The summed E-state index contributed by atoms with van der Waals surface area (Å²) < 4.78 is 5.43. The maximum atomic E-state index is 12.4. The minimum absolute atomic E-state index is 0.0901. The second kappa shape index (κ2) is 10.5. The molecule has 0 atom stereocenters. The van der Waals surface area contributed by atoms with E-state index in [0.717, 1.165) is 28.2 Å². The number of nitrogens with zero attached hydrogens (tertiary/aromatic N) is 2. The zero-order chi connectivity index (χ0) is 21.5. The Bertz CT molecular complexity index is 1020. The third-order valence-electron chi connectivity index (χ3n) is 5.31. The topological polar surface area (TPSA) is 76.1 Å². The van der Waals surface area contributed by atoms with Gasteiger partial charge in [-0.2, -0.15) is 0 Å². The number of para-hydroxylation sites is 1. The van der Waals surface area contributed by atoms with Gasteiger partial charge in [-0.3, -0.25) is 4.79 Å². The standard InChI is InChI=1S/C24H28N4O2S/c1-2-30-19-14-12-18(13-15-19)25-22(29)16-31-24-27-21-11-7-6-10-20(21)23(28-24)26-17-8-4-3-5-9-17/h6-7,10-15,17H,2-5,8-9,16H2,1H3,(H,25,29)(H,26,27,28). The predicted molar refractivity (Wildman–Crippen MR) is 127 cm³/mol. The number of carbonyl (C=O) groups excluding carboxylic acids is 1. The molecular formula is C24H28N4O2S. The molecule has 7 heteroatoms. The number of fused-ring (bicyclic) bond motifs is 1. The fourth-order valence-electron chi connectivity index (χ4n) is 3.80. The number of hydrogen-bond donors (Lipinski definition) is 2. The first-order chi connectivity index (χ1) is 15.2. The van der Waals surface area contributed by atoms with E-state index in [9.17, 15) is 4.79 Å². The summed E-state index contributed by atoms with van der Waals surface area (Å²) in [5, 5.41) is 8.18. The fourth-order valence-corrected chi connectivity index (χ4v) is 4.45.